The summed E-state index contributed by atoms with van der Waals surface area (Å²) in [6, 6.07) is 4.17. The lowest BCUT2D eigenvalue weighted by Crippen LogP contribution is -2.08. The Kier molecular flexibility index (Phi) is 6.03. The highest BCUT2D eigenvalue weighted by atomic mass is 127. The molecular formula is C12H14INO4. The Hall–Kier alpha value is -1.18. The van der Waals surface area contributed by atoms with E-state index < -0.39 is 10.9 Å². The van der Waals surface area contributed by atoms with Gasteiger partial charge in [0.25, 0.3) is 5.69 Å². The van der Waals surface area contributed by atoms with E-state index in [9.17, 15) is 14.9 Å². The number of nitro groups is 1. The van der Waals surface area contributed by atoms with E-state index in [-0.39, 0.29) is 11.3 Å². The molecule has 0 atom stereocenters. The number of ether oxygens (including phenoxy) is 1. The van der Waals surface area contributed by atoms with Crippen LogP contribution in [-0.2, 0) is 4.74 Å². The van der Waals surface area contributed by atoms with Gasteiger partial charge in [-0.1, -0.05) is 19.8 Å². The second-order valence-electron chi connectivity index (χ2n) is 3.76. The highest BCUT2D eigenvalue weighted by Gasteiger charge is 2.16. The topological polar surface area (TPSA) is 69.4 Å². The van der Waals surface area contributed by atoms with Gasteiger partial charge in [0.2, 0.25) is 0 Å². The SMILES string of the molecule is CCCCCOC(=O)c1cc([N+](=O)[O-])ccc1I. The number of benzene rings is 1. The van der Waals surface area contributed by atoms with Gasteiger partial charge >= 0.3 is 5.97 Å². The number of nitrogens with zero attached hydrogens (tertiary/aromatic N) is 1. The fourth-order valence-electron chi connectivity index (χ4n) is 1.38. The minimum absolute atomic E-state index is 0.101. The van der Waals surface area contributed by atoms with Crippen molar-refractivity contribution in [3.05, 3.63) is 37.4 Å². The second kappa shape index (κ2) is 7.30. The Morgan fingerprint density at radius 2 is 2.17 bits per heavy atom. The summed E-state index contributed by atoms with van der Waals surface area (Å²) in [6.45, 7) is 2.41. The van der Waals surface area contributed by atoms with E-state index in [1.807, 2.05) is 22.6 Å². The molecule has 0 unspecified atom stereocenters. The zero-order valence-electron chi connectivity index (χ0n) is 10.0. The summed E-state index contributed by atoms with van der Waals surface area (Å²) < 4.78 is 5.73. The molecule has 5 nitrogen and oxygen atoms in total. The zero-order chi connectivity index (χ0) is 13.5. The van der Waals surface area contributed by atoms with E-state index >= 15 is 0 Å². The molecule has 0 aliphatic heterocycles. The third-order valence-corrected chi connectivity index (χ3v) is 3.30. The van der Waals surface area contributed by atoms with Crippen molar-refractivity contribution in [1.29, 1.82) is 0 Å². The number of esters is 1. The lowest BCUT2D eigenvalue weighted by molar-refractivity contribution is -0.384. The predicted molar refractivity (Wildman–Crippen MR) is 75.6 cm³/mol. The van der Waals surface area contributed by atoms with Gasteiger partial charge in [0.15, 0.2) is 0 Å². The van der Waals surface area contributed by atoms with Crippen LogP contribution >= 0.6 is 22.6 Å². The number of unbranched alkanes of at least 4 members (excludes halogenated alkanes) is 2. The summed E-state index contributed by atoms with van der Waals surface area (Å²) in [5.74, 6) is -0.501. The fourth-order valence-corrected chi connectivity index (χ4v) is 1.93. The smallest absolute Gasteiger partial charge is 0.339 e. The molecule has 0 radical (unpaired) electrons. The van der Waals surface area contributed by atoms with E-state index in [0.29, 0.717) is 10.2 Å². The Balaban J connectivity index is 2.72. The first-order valence-corrected chi connectivity index (χ1v) is 6.75. The van der Waals surface area contributed by atoms with Crippen LogP contribution in [-0.4, -0.2) is 17.5 Å². The molecule has 0 amide bonds. The standard InChI is InChI=1S/C12H14INO4/c1-2-3-4-7-18-12(15)10-8-9(14(16)17)5-6-11(10)13/h5-6,8H,2-4,7H2,1H3. The summed E-state index contributed by atoms with van der Waals surface area (Å²) in [6.07, 6.45) is 2.86. The van der Waals surface area contributed by atoms with Crippen molar-refractivity contribution in [2.24, 2.45) is 0 Å². The first-order chi connectivity index (χ1) is 8.56. The summed E-state index contributed by atoms with van der Waals surface area (Å²) in [4.78, 5) is 21.9. The van der Waals surface area contributed by atoms with Gasteiger partial charge in [0.1, 0.15) is 0 Å². The minimum Gasteiger partial charge on any atom is -0.462 e. The molecular weight excluding hydrogens is 349 g/mol. The van der Waals surface area contributed by atoms with Crippen LogP contribution in [0.25, 0.3) is 0 Å². The molecule has 0 N–H and O–H groups in total. The Morgan fingerprint density at radius 3 is 2.78 bits per heavy atom. The maximum Gasteiger partial charge on any atom is 0.339 e. The Bertz CT molecular complexity index is 448. The number of rotatable bonds is 6. The van der Waals surface area contributed by atoms with Crippen molar-refractivity contribution in [1.82, 2.24) is 0 Å². The normalized spacial score (nSPS) is 10.1. The molecule has 0 fully saturated rings. The highest BCUT2D eigenvalue weighted by Crippen LogP contribution is 2.20. The van der Waals surface area contributed by atoms with Crippen molar-refractivity contribution in [2.45, 2.75) is 26.2 Å². The van der Waals surface area contributed by atoms with E-state index in [2.05, 4.69) is 6.92 Å². The Labute approximate surface area is 119 Å². The van der Waals surface area contributed by atoms with Gasteiger partial charge in [-0.2, -0.15) is 0 Å². The molecule has 0 bridgehead atoms. The molecule has 1 rings (SSSR count). The van der Waals surface area contributed by atoms with Gasteiger partial charge in [-0.15, -0.1) is 0 Å². The lowest BCUT2D eigenvalue weighted by atomic mass is 10.2. The molecule has 98 valence electrons. The third-order valence-electron chi connectivity index (χ3n) is 2.36. The molecule has 1 aromatic rings. The van der Waals surface area contributed by atoms with Gasteiger partial charge in [-0.25, -0.2) is 4.79 Å². The molecule has 0 aliphatic rings. The van der Waals surface area contributed by atoms with E-state index in [1.54, 1.807) is 6.07 Å². The molecule has 0 spiro atoms. The number of halogens is 1. The number of hydrogen-bond donors (Lipinski definition) is 0. The maximum absolute atomic E-state index is 11.8. The predicted octanol–water partition coefficient (Wildman–Crippen LogP) is 3.55. The first-order valence-electron chi connectivity index (χ1n) is 5.67. The second-order valence-corrected chi connectivity index (χ2v) is 4.93. The molecule has 1 aromatic carbocycles. The number of hydrogen-bond acceptors (Lipinski definition) is 4. The van der Waals surface area contributed by atoms with Crippen molar-refractivity contribution in [3.8, 4) is 0 Å². The molecule has 0 saturated heterocycles. The summed E-state index contributed by atoms with van der Waals surface area (Å²) >= 11 is 1.96. The molecule has 0 aromatic heterocycles. The van der Waals surface area contributed by atoms with Crippen LogP contribution in [0.2, 0.25) is 0 Å². The fraction of sp³-hybridized carbons (Fsp3) is 0.417. The molecule has 0 aliphatic carbocycles. The third kappa shape index (κ3) is 4.25. The van der Waals surface area contributed by atoms with Gasteiger partial charge < -0.3 is 4.74 Å². The molecule has 6 heteroatoms. The van der Waals surface area contributed by atoms with Gasteiger partial charge in [-0.05, 0) is 35.1 Å². The number of non-ortho nitro benzene ring substituents is 1. The van der Waals surface area contributed by atoms with Crippen molar-refractivity contribution >= 4 is 34.2 Å². The van der Waals surface area contributed by atoms with Gasteiger partial charge in [0.05, 0.1) is 17.1 Å². The number of carbonyl (C=O) groups excluding carboxylic acids is 1. The first kappa shape index (κ1) is 14.9. The monoisotopic (exact) mass is 363 g/mol. The molecule has 0 saturated carbocycles. The van der Waals surface area contributed by atoms with Crippen LogP contribution in [0.1, 0.15) is 36.5 Å². The van der Waals surface area contributed by atoms with Gasteiger partial charge in [-0.3, -0.25) is 10.1 Å². The van der Waals surface area contributed by atoms with Crippen molar-refractivity contribution in [2.75, 3.05) is 6.61 Å². The van der Waals surface area contributed by atoms with E-state index in [0.717, 1.165) is 19.3 Å². The maximum atomic E-state index is 11.8. The summed E-state index contributed by atoms with van der Waals surface area (Å²) in [7, 11) is 0. The quantitative estimate of drug-likeness (QED) is 0.255. The van der Waals surface area contributed by atoms with Crippen LogP contribution < -0.4 is 0 Å². The van der Waals surface area contributed by atoms with Crippen LogP contribution in [0.3, 0.4) is 0 Å². The highest BCUT2D eigenvalue weighted by molar-refractivity contribution is 14.1. The van der Waals surface area contributed by atoms with Gasteiger partial charge in [0, 0.05) is 15.7 Å². The lowest BCUT2D eigenvalue weighted by Gasteiger charge is -2.05. The summed E-state index contributed by atoms with van der Waals surface area (Å²) in [5, 5.41) is 10.6. The molecule has 0 heterocycles. The van der Waals surface area contributed by atoms with Crippen LogP contribution in [0.15, 0.2) is 18.2 Å². The largest absolute Gasteiger partial charge is 0.462 e. The average molecular weight is 363 g/mol. The number of carbonyl (C=O) groups is 1. The Morgan fingerprint density at radius 1 is 1.44 bits per heavy atom. The van der Waals surface area contributed by atoms with Crippen LogP contribution in [0.5, 0.6) is 0 Å². The summed E-state index contributed by atoms with van der Waals surface area (Å²) in [5.41, 5.74) is 0.150. The van der Waals surface area contributed by atoms with Crippen molar-refractivity contribution < 1.29 is 14.5 Å². The van der Waals surface area contributed by atoms with E-state index in [4.69, 9.17) is 4.74 Å². The zero-order valence-corrected chi connectivity index (χ0v) is 12.2. The van der Waals surface area contributed by atoms with Crippen molar-refractivity contribution in [3.63, 3.8) is 0 Å². The average Bonchev–Trinajstić information content (AvgIpc) is 2.34. The minimum atomic E-state index is -0.524. The molecule has 18 heavy (non-hydrogen) atoms. The van der Waals surface area contributed by atoms with Crippen LogP contribution in [0.4, 0.5) is 5.69 Å². The number of nitro benzene ring substituents is 1. The van der Waals surface area contributed by atoms with Crippen LogP contribution in [0, 0.1) is 13.7 Å². The van der Waals surface area contributed by atoms with E-state index in [1.165, 1.54) is 12.1 Å².